The van der Waals surface area contributed by atoms with Crippen molar-refractivity contribution in [3.8, 4) is 0 Å². The number of hydrogen-bond acceptors (Lipinski definition) is 7. The molecule has 6 N–H and O–H groups in total. The average Bonchev–Trinajstić information content (AvgIpc) is 3.03. The largest absolute Gasteiger partial charge is 0.472 e. The molecule has 0 bridgehead atoms. The second-order valence-electron chi connectivity index (χ2n) is 12.3. The van der Waals surface area contributed by atoms with Gasteiger partial charge in [-0.15, -0.1) is 0 Å². The van der Waals surface area contributed by atoms with Gasteiger partial charge in [0.25, 0.3) is 0 Å². The lowest BCUT2D eigenvalue weighted by molar-refractivity contribution is -0.124. The summed E-state index contributed by atoms with van der Waals surface area (Å²) in [6.45, 7) is 3.85. The van der Waals surface area contributed by atoms with Crippen molar-refractivity contribution in [2.75, 3.05) is 19.8 Å². The predicted octanol–water partition coefficient (Wildman–Crippen LogP) is 8.19. The van der Waals surface area contributed by atoms with Gasteiger partial charge < -0.3 is 26.2 Å². The normalized spacial score (nSPS) is 15.5. The zero-order valence-electron chi connectivity index (χ0n) is 29.2. The van der Waals surface area contributed by atoms with Gasteiger partial charge in [-0.25, -0.2) is 4.57 Å². The third-order valence-electron chi connectivity index (χ3n) is 7.74. The number of unbranched alkanes of at least 4 members (excludes halogenated alkanes) is 15. The maximum Gasteiger partial charge on any atom is 0.472 e. The molecule has 0 aliphatic rings. The first-order valence-electron chi connectivity index (χ1n) is 18.2. The number of amides is 1. The number of hydrogen-bond donors (Lipinski definition) is 5. The Morgan fingerprint density at radius 1 is 0.739 bits per heavy atom. The monoisotopic (exact) mass is 672 g/mol. The van der Waals surface area contributed by atoms with Gasteiger partial charge in [0.05, 0.1) is 37.9 Å². The van der Waals surface area contributed by atoms with Crippen molar-refractivity contribution in [1.82, 2.24) is 5.32 Å². The van der Waals surface area contributed by atoms with E-state index < -0.39 is 38.6 Å². The Kier molecular flexibility index (Phi) is 31.3. The van der Waals surface area contributed by atoms with Crippen LogP contribution in [-0.4, -0.2) is 59.0 Å². The molecule has 0 saturated heterocycles. The summed E-state index contributed by atoms with van der Waals surface area (Å²) < 4.78 is 21.9. The summed E-state index contributed by atoms with van der Waals surface area (Å²) in [6, 6.07) is -0.998. The van der Waals surface area contributed by atoms with Crippen LogP contribution in [0.1, 0.15) is 149 Å². The van der Waals surface area contributed by atoms with E-state index in [2.05, 4.69) is 43.5 Å². The molecule has 0 aliphatic carbocycles. The highest BCUT2D eigenvalue weighted by atomic mass is 31.2. The number of rotatable bonds is 33. The summed E-state index contributed by atoms with van der Waals surface area (Å²) in [5.41, 5.74) is 5.32. The van der Waals surface area contributed by atoms with E-state index in [4.69, 9.17) is 14.8 Å². The molecule has 0 fully saturated rings. The van der Waals surface area contributed by atoms with E-state index in [-0.39, 0.29) is 19.6 Å². The van der Waals surface area contributed by atoms with Crippen LogP contribution in [0.4, 0.5) is 0 Å². The van der Waals surface area contributed by atoms with E-state index >= 15 is 0 Å². The Bertz CT molecular complexity index is 837. The number of allylic oxidation sites excluding steroid dienone is 5. The lowest BCUT2D eigenvalue weighted by Crippen LogP contribution is -2.46. The van der Waals surface area contributed by atoms with Crippen LogP contribution >= 0.6 is 7.82 Å². The summed E-state index contributed by atoms with van der Waals surface area (Å²) in [6.07, 6.45) is 32.4. The molecular formula is C36H69N2O7P. The lowest BCUT2D eigenvalue weighted by Gasteiger charge is -2.24. The fourth-order valence-electron chi connectivity index (χ4n) is 4.95. The summed E-state index contributed by atoms with van der Waals surface area (Å²) in [4.78, 5) is 22.6. The minimum absolute atomic E-state index is 0.0427. The highest BCUT2D eigenvalue weighted by Crippen LogP contribution is 2.43. The van der Waals surface area contributed by atoms with Gasteiger partial charge in [0.1, 0.15) is 0 Å². The quantitative estimate of drug-likeness (QED) is 0.0266. The minimum atomic E-state index is -4.40. The van der Waals surface area contributed by atoms with Gasteiger partial charge in [-0.3, -0.25) is 13.8 Å². The number of carbonyl (C=O) groups excluding carboxylic acids is 1. The number of carbonyl (C=O) groups is 1. The van der Waals surface area contributed by atoms with Gasteiger partial charge in [0, 0.05) is 6.54 Å². The summed E-state index contributed by atoms with van der Waals surface area (Å²) >= 11 is 0. The third-order valence-corrected chi connectivity index (χ3v) is 8.73. The molecule has 46 heavy (non-hydrogen) atoms. The standard InChI is InChI=1S/C36H69N2O7P/c1-3-5-7-9-11-13-14-15-16-17-18-20-21-23-25-27-33(39)31-36(41)38-34(32-45-46(42,43)44-30-29-37)35(40)28-26-24-22-19-12-10-8-6-4-2/h12,15-16,19,26,28,33-35,39-40H,3-11,13-14,17-18,20-25,27,29-32,37H2,1-2H3,(H,38,41)(H,42,43)/b16-15-,19-12+,28-26+. The molecule has 10 heteroatoms. The first-order valence-corrected chi connectivity index (χ1v) is 19.7. The molecular weight excluding hydrogens is 603 g/mol. The maximum absolute atomic E-state index is 12.7. The van der Waals surface area contributed by atoms with Crippen LogP contribution in [0.5, 0.6) is 0 Å². The van der Waals surface area contributed by atoms with Crippen LogP contribution in [0.3, 0.4) is 0 Å². The Labute approximate surface area is 281 Å². The SMILES string of the molecule is CCCCC/C=C/CC/C=C/C(O)C(COP(=O)(O)OCCN)NC(=O)CC(O)CCCCCCC/C=C\CCCCCCCC. The smallest absolute Gasteiger partial charge is 0.393 e. The first kappa shape index (κ1) is 44.7. The molecule has 0 heterocycles. The van der Waals surface area contributed by atoms with Crippen molar-refractivity contribution in [1.29, 1.82) is 0 Å². The Morgan fingerprint density at radius 3 is 1.85 bits per heavy atom. The Morgan fingerprint density at radius 2 is 1.24 bits per heavy atom. The van der Waals surface area contributed by atoms with E-state index in [9.17, 15) is 24.5 Å². The number of nitrogens with one attached hydrogen (secondary N) is 1. The highest BCUT2D eigenvalue weighted by molar-refractivity contribution is 7.47. The van der Waals surface area contributed by atoms with Gasteiger partial charge in [-0.1, -0.05) is 121 Å². The molecule has 4 unspecified atom stereocenters. The summed E-state index contributed by atoms with van der Waals surface area (Å²) in [5.74, 6) is -0.466. The number of phosphoric ester groups is 1. The molecule has 0 aromatic heterocycles. The zero-order valence-corrected chi connectivity index (χ0v) is 30.1. The van der Waals surface area contributed by atoms with E-state index in [0.717, 1.165) is 44.9 Å². The number of aliphatic hydroxyl groups is 2. The summed E-state index contributed by atoms with van der Waals surface area (Å²) in [7, 11) is -4.40. The second-order valence-corrected chi connectivity index (χ2v) is 13.7. The topological polar surface area (TPSA) is 151 Å². The molecule has 4 atom stereocenters. The van der Waals surface area contributed by atoms with Crippen molar-refractivity contribution in [3.63, 3.8) is 0 Å². The van der Waals surface area contributed by atoms with E-state index in [1.807, 2.05) is 6.08 Å². The van der Waals surface area contributed by atoms with Gasteiger partial charge in [0.2, 0.25) is 5.91 Å². The first-order chi connectivity index (χ1) is 22.3. The predicted molar refractivity (Wildman–Crippen MR) is 190 cm³/mol. The molecule has 0 rings (SSSR count). The Hall–Kier alpha value is -1.32. The number of aliphatic hydroxyl groups excluding tert-OH is 2. The molecule has 270 valence electrons. The number of nitrogens with two attached hydrogens (primary N) is 1. The van der Waals surface area contributed by atoms with Crippen molar-refractivity contribution >= 4 is 13.7 Å². The van der Waals surface area contributed by atoms with Crippen LogP contribution in [0.15, 0.2) is 36.5 Å². The third kappa shape index (κ3) is 30.0. The van der Waals surface area contributed by atoms with Crippen LogP contribution in [-0.2, 0) is 18.4 Å². The maximum atomic E-state index is 12.7. The molecule has 0 aromatic rings. The van der Waals surface area contributed by atoms with E-state index in [0.29, 0.717) is 12.8 Å². The molecule has 0 aliphatic heterocycles. The molecule has 1 amide bonds. The Balaban J connectivity index is 4.43. The fraction of sp³-hybridized carbons (Fsp3) is 0.806. The summed E-state index contributed by atoms with van der Waals surface area (Å²) in [5, 5.41) is 23.8. The minimum Gasteiger partial charge on any atom is -0.393 e. The van der Waals surface area contributed by atoms with Crippen LogP contribution in [0.25, 0.3) is 0 Å². The lowest BCUT2D eigenvalue weighted by atomic mass is 10.0. The molecule has 0 spiro atoms. The number of phosphoric acid groups is 1. The van der Waals surface area contributed by atoms with E-state index in [1.54, 1.807) is 6.08 Å². The molecule has 0 radical (unpaired) electrons. The van der Waals surface area contributed by atoms with Crippen molar-refractivity contribution < 1.29 is 33.5 Å². The fourth-order valence-corrected chi connectivity index (χ4v) is 5.71. The molecule has 9 nitrogen and oxygen atoms in total. The second kappa shape index (κ2) is 32.2. The van der Waals surface area contributed by atoms with Crippen LogP contribution in [0, 0.1) is 0 Å². The average molecular weight is 673 g/mol. The van der Waals surface area contributed by atoms with E-state index in [1.165, 1.54) is 70.6 Å². The van der Waals surface area contributed by atoms with Gasteiger partial charge in [-0.05, 0) is 57.8 Å². The van der Waals surface area contributed by atoms with Crippen molar-refractivity contribution in [2.24, 2.45) is 5.73 Å². The zero-order chi connectivity index (χ0) is 34.1. The van der Waals surface area contributed by atoms with Gasteiger partial charge in [0.15, 0.2) is 0 Å². The van der Waals surface area contributed by atoms with Crippen molar-refractivity contribution in [2.45, 2.75) is 167 Å². The molecule has 0 saturated carbocycles. The highest BCUT2D eigenvalue weighted by Gasteiger charge is 2.27. The van der Waals surface area contributed by atoms with Gasteiger partial charge in [-0.2, -0.15) is 0 Å². The van der Waals surface area contributed by atoms with Crippen LogP contribution < -0.4 is 11.1 Å². The van der Waals surface area contributed by atoms with Gasteiger partial charge >= 0.3 is 7.82 Å². The van der Waals surface area contributed by atoms with Crippen LogP contribution in [0.2, 0.25) is 0 Å². The van der Waals surface area contributed by atoms with Crippen molar-refractivity contribution in [3.05, 3.63) is 36.5 Å². The molecule has 0 aromatic carbocycles.